The number of hydrogen-bond donors (Lipinski definition) is 6. The van der Waals surface area contributed by atoms with Gasteiger partial charge in [0.1, 0.15) is 6.10 Å². The summed E-state index contributed by atoms with van der Waals surface area (Å²) in [5.74, 6) is -3.63. The van der Waals surface area contributed by atoms with Gasteiger partial charge in [0.2, 0.25) is 0 Å². The zero-order valence-electron chi connectivity index (χ0n) is 25.4. The van der Waals surface area contributed by atoms with Crippen LogP contribution in [0.15, 0.2) is 36.0 Å². The third-order valence-electron chi connectivity index (χ3n) is 8.70. The SMILES string of the molecule is C/C=C/[C@H]1O[C@@](O)([C@@H](C)[C@H](O)[C@H](C)[C@@H](O)[C@H](/C=C/C=C(\C)C[C@@H](C)[C@H](O)[C@H](CC)[C@@H](C)O)OC)C[C@@H](O)[C@@H]1C. The average molecular weight is 557 g/mol. The monoisotopic (exact) mass is 556 g/mol. The molecule has 0 radical (unpaired) electrons. The summed E-state index contributed by atoms with van der Waals surface area (Å²) in [6.07, 6.45) is 4.91. The molecule has 39 heavy (non-hydrogen) atoms. The van der Waals surface area contributed by atoms with E-state index in [1.165, 1.54) is 7.11 Å². The number of rotatable bonds is 15. The summed E-state index contributed by atoms with van der Waals surface area (Å²) in [5.41, 5.74) is 1.03. The van der Waals surface area contributed by atoms with E-state index in [1.807, 2.05) is 40.7 Å². The van der Waals surface area contributed by atoms with Gasteiger partial charge in [-0.25, -0.2) is 0 Å². The van der Waals surface area contributed by atoms with E-state index < -0.39 is 60.4 Å². The van der Waals surface area contributed by atoms with E-state index in [0.29, 0.717) is 12.8 Å². The van der Waals surface area contributed by atoms with Crippen LogP contribution in [0, 0.1) is 29.6 Å². The quantitative estimate of drug-likeness (QED) is 0.133. The van der Waals surface area contributed by atoms with Gasteiger partial charge in [0, 0.05) is 37.2 Å². The molecule has 0 amide bonds. The van der Waals surface area contributed by atoms with Crippen LogP contribution in [0.2, 0.25) is 0 Å². The first-order chi connectivity index (χ1) is 18.1. The second-order valence-corrected chi connectivity index (χ2v) is 11.8. The first-order valence-corrected chi connectivity index (χ1v) is 14.4. The van der Waals surface area contributed by atoms with Gasteiger partial charge in [0.25, 0.3) is 0 Å². The highest BCUT2D eigenvalue weighted by Gasteiger charge is 2.50. The highest BCUT2D eigenvalue weighted by atomic mass is 16.6. The van der Waals surface area contributed by atoms with Crippen LogP contribution < -0.4 is 0 Å². The smallest absolute Gasteiger partial charge is 0.173 e. The lowest BCUT2D eigenvalue weighted by Crippen LogP contribution is -2.57. The molecule has 0 spiro atoms. The van der Waals surface area contributed by atoms with E-state index in [-0.39, 0.29) is 24.2 Å². The van der Waals surface area contributed by atoms with Crippen LogP contribution in [0.3, 0.4) is 0 Å². The summed E-state index contributed by atoms with van der Waals surface area (Å²) >= 11 is 0. The molecule has 0 aliphatic carbocycles. The third-order valence-corrected chi connectivity index (χ3v) is 8.70. The van der Waals surface area contributed by atoms with Crippen molar-refractivity contribution in [2.45, 2.75) is 123 Å². The van der Waals surface area contributed by atoms with Crippen molar-refractivity contribution in [2.24, 2.45) is 29.6 Å². The molecule has 1 aliphatic rings. The van der Waals surface area contributed by atoms with Crippen molar-refractivity contribution in [3.05, 3.63) is 36.0 Å². The zero-order valence-corrected chi connectivity index (χ0v) is 25.4. The van der Waals surface area contributed by atoms with E-state index >= 15 is 0 Å². The predicted octanol–water partition coefficient (Wildman–Crippen LogP) is 3.34. The fourth-order valence-corrected chi connectivity index (χ4v) is 5.66. The molecule has 6 N–H and O–H groups in total. The Morgan fingerprint density at radius 1 is 1.08 bits per heavy atom. The molecule has 0 saturated carbocycles. The number of aliphatic hydroxyl groups is 6. The molecule has 1 rings (SSSR count). The highest BCUT2D eigenvalue weighted by molar-refractivity contribution is 5.13. The summed E-state index contributed by atoms with van der Waals surface area (Å²) in [6.45, 7) is 14.6. The van der Waals surface area contributed by atoms with Gasteiger partial charge in [0.05, 0.1) is 36.6 Å². The van der Waals surface area contributed by atoms with Gasteiger partial charge in [-0.15, -0.1) is 0 Å². The molecule has 0 aromatic rings. The Morgan fingerprint density at radius 2 is 1.69 bits per heavy atom. The van der Waals surface area contributed by atoms with Crippen LogP contribution in [0.5, 0.6) is 0 Å². The maximum Gasteiger partial charge on any atom is 0.173 e. The molecule has 1 saturated heterocycles. The summed E-state index contributed by atoms with van der Waals surface area (Å²) < 4.78 is 11.5. The van der Waals surface area contributed by atoms with Gasteiger partial charge in [-0.2, -0.15) is 0 Å². The Balaban J connectivity index is 2.88. The van der Waals surface area contributed by atoms with E-state index in [4.69, 9.17) is 9.47 Å². The number of methoxy groups -OCH3 is 1. The van der Waals surface area contributed by atoms with Crippen molar-refractivity contribution < 1.29 is 40.1 Å². The fourth-order valence-electron chi connectivity index (χ4n) is 5.66. The second-order valence-electron chi connectivity index (χ2n) is 11.8. The molecule has 1 aliphatic heterocycles. The molecule has 8 heteroatoms. The summed E-state index contributed by atoms with van der Waals surface area (Å²) in [6, 6.07) is 0. The van der Waals surface area contributed by atoms with Crippen molar-refractivity contribution in [1.29, 1.82) is 0 Å². The van der Waals surface area contributed by atoms with Crippen molar-refractivity contribution in [3.8, 4) is 0 Å². The third kappa shape index (κ3) is 9.75. The average Bonchev–Trinajstić information content (AvgIpc) is 2.88. The number of ether oxygens (including phenoxy) is 2. The largest absolute Gasteiger partial charge is 0.393 e. The van der Waals surface area contributed by atoms with Crippen LogP contribution in [0.4, 0.5) is 0 Å². The Kier molecular flexibility index (Phi) is 15.1. The van der Waals surface area contributed by atoms with Gasteiger partial charge in [0.15, 0.2) is 5.79 Å². The Morgan fingerprint density at radius 3 is 2.21 bits per heavy atom. The predicted molar refractivity (Wildman–Crippen MR) is 154 cm³/mol. The van der Waals surface area contributed by atoms with Crippen molar-refractivity contribution >= 4 is 0 Å². The molecule has 0 aromatic carbocycles. The van der Waals surface area contributed by atoms with Gasteiger partial charge in [-0.05, 0) is 39.5 Å². The molecule has 228 valence electrons. The molecule has 0 bridgehead atoms. The molecular formula is C31H56O8. The fraction of sp³-hybridized carbons (Fsp3) is 0.806. The number of allylic oxidation sites excluding steroid dienone is 4. The lowest BCUT2D eigenvalue weighted by atomic mass is 9.77. The maximum absolute atomic E-state index is 11.3. The molecular weight excluding hydrogens is 500 g/mol. The summed E-state index contributed by atoms with van der Waals surface area (Å²) in [7, 11) is 1.48. The summed E-state index contributed by atoms with van der Waals surface area (Å²) in [4.78, 5) is 0. The van der Waals surface area contributed by atoms with Crippen molar-refractivity contribution in [3.63, 3.8) is 0 Å². The Hall–Kier alpha value is -1.10. The number of hydrogen-bond acceptors (Lipinski definition) is 8. The first-order valence-electron chi connectivity index (χ1n) is 14.4. The highest BCUT2D eigenvalue weighted by Crippen LogP contribution is 2.39. The molecule has 8 nitrogen and oxygen atoms in total. The van der Waals surface area contributed by atoms with Crippen LogP contribution in [-0.2, 0) is 9.47 Å². The molecule has 13 atom stereocenters. The molecule has 1 fully saturated rings. The minimum absolute atomic E-state index is 0.0311. The van der Waals surface area contributed by atoms with Crippen molar-refractivity contribution in [1.82, 2.24) is 0 Å². The number of aliphatic hydroxyl groups excluding tert-OH is 5. The van der Waals surface area contributed by atoms with Gasteiger partial charge in [-0.3, -0.25) is 0 Å². The Labute approximate surface area is 236 Å². The van der Waals surface area contributed by atoms with Gasteiger partial charge >= 0.3 is 0 Å². The topological polar surface area (TPSA) is 140 Å². The maximum atomic E-state index is 11.3. The van der Waals surface area contributed by atoms with Crippen LogP contribution >= 0.6 is 0 Å². The van der Waals surface area contributed by atoms with Crippen LogP contribution in [-0.4, -0.2) is 86.3 Å². The molecule has 0 unspecified atom stereocenters. The van der Waals surface area contributed by atoms with Crippen molar-refractivity contribution in [2.75, 3.05) is 7.11 Å². The van der Waals surface area contributed by atoms with Crippen LogP contribution in [0.25, 0.3) is 0 Å². The van der Waals surface area contributed by atoms with Crippen LogP contribution in [0.1, 0.15) is 74.7 Å². The van der Waals surface area contributed by atoms with Gasteiger partial charge in [-0.1, -0.05) is 70.6 Å². The second kappa shape index (κ2) is 16.4. The zero-order chi connectivity index (χ0) is 30.1. The minimum Gasteiger partial charge on any atom is -0.393 e. The summed E-state index contributed by atoms with van der Waals surface area (Å²) in [5, 5.41) is 64.5. The molecule has 0 aromatic heterocycles. The van der Waals surface area contributed by atoms with E-state index in [0.717, 1.165) is 5.57 Å². The minimum atomic E-state index is -1.76. The van der Waals surface area contributed by atoms with Gasteiger partial charge < -0.3 is 40.1 Å². The van der Waals surface area contributed by atoms with E-state index in [1.54, 1.807) is 45.1 Å². The standard InChI is InChI=1S/C31H56O8/c1-10-13-26-20(5)25(33)17-31(37,39-26)22(7)29(35)21(6)30(36)27(38-9)15-12-14-18(3)16-19(4)28(34)24(11-2)23(8)32/h10,12-15,19-30,32-37H,11,16-17H2,1-9H3/b13-10+,15-12+,18-14+/t19-,20+,21+,22+,23-,24-,25-,26-,27+,28+,29-,30-,31-/m1/s1. The lowest BCUT2D eigenvalue weighted by molar-refractivity contribution is -0.313. The first kappa shape index (κ1) is 35.9. The Bertz CT molecular complexity index is 795. The van der Waals surface area contributed by atoms with E-state index in [9.17, 15) is 30.6 Å². The van der Waals surface area contributed by atoms with E-state index in [2.05, 4.69) is 0 Å². The molecule has 1 heterocycles. The lowest BCUT2D eigenvalue weighted by Gasteiger charge is -2.47. The normalized spacial score (nSPS) is 32.0.